The largest absolute Gasteiger partial charge is 0.507 e. The number of aliphatic hydroxyl groups is 1. The van der Waals surface area contributed by atoms with Gasteiger partial charge in [-0.1, -0.05) is 69.2 Å². The van der Waals surface area contributed by atoms with Gasteiger partial charge < -0.3 is 9.84 Å². The summed E-state index contributed by atoms with van der Waals surface area (Å²) in [5, 5.41) is 11.6. The molecule has 3 aromatic carbocycles. The predicted molar refractivity (Wildman–Crippen MR) is 136 cm³/mol. The second kappa shape index (κ2) is 8.70. The molecule has 1 aliphatic heterocycles. The van der Waals surface area contributed by atoms with Gasteiger partial charge in [0.2, 0.25) is 0 Å². The number of methoxy groups -OCH3 is 1. The molecule has 4 aromatic rings. The van der Waals surface area contributed by atoms with E-state index in [-0.39, 0.29) is 11.3 Å². The summed E-state index contributed by atoms with van der Waals surface area (Å²) in [4.78, 5) is 32.6. The molecule has 0 spiro atoms. The van der Waals surface area contributed by atoms with Crippen LogP contribution >= 0.6 is 27.3 Å². The highest BCUT2D eigenvalue weighted by atomic mass is 79.9. The first-order valence-corrected chi connectivity index (χ1v) is 12.1. The van der Waals surface area contributed by atoms with E-state index in [0.717, 1.165) is 14.7 Å². The van der Waals surface area contributed by atoms with Crippen molar-refractivity contribution in [1.29, 1.82) is 0 Å². The molecule has 34 heavy (non-hydrogen) atoms. The Kier molecular flexibility index (Phi) is 5.71. The number of aromatic nitrogens is 1. The summed E-state index contributed by atoms with van der Waals surface area (Å²) >= 11 is 4.77. The first-order valence-electron chi connectivity index (χ1n) is 10.5. The molecule has 0 bridgehead atoms. The van der Waals surface area contributed by atoms with Gasteiger partial charge in [0.1, 0.15) is 11.5 Å². The van der Waals surface area contributed by atoms with E-state index in [4.69, 9.17) is 4.74 Å². The molecule has 1 fully saturated rings. The number of rotatable bonds is 4. The van der Waals surface area contributed by atoms with Crippen LogP contribution in [0, 0.1) is 6.92 Å². The Bertz CT molecular complexity index is 1480. The van der Waals surface area contributed by atoms with Gasteiger partial charge in [-0.3, -0.25) is 14.5 Å². The van der Waals surface area contributed by atoms with E-state index in [1.165, 1.54) is 16.2 Å². The number of anilines is 1. The van der Waals surface area contributed by atoms with Crippen LogP contribution in [0.2, 0.25) is 0 Å². The number of fused-ring (bicyclic) bond motifs is 1. The topological polar surface area (TPSA) is 79.7 Å². The maximum Gasteiger partial charge on any atom is 0.301 e. The Labute approximate surface area is 208 Å². The minimum atomic E-state index is -0.832. The normalized spacial score (nSPS) is 17.5. The molecular weight excluding hydrogens is 516 g/mol. The highest BCUT2D eigenvalue weighted by Gasteiger charge is 2.48. The lowest BCUT2D eigenvalue weighted by Crippen LogP contribution is -2.29. The number of hydrogen-bond acceptors (Lipinski definition) is 6. The number of carbonyl (C=O) groups excluding carboxylic acids is 2. The Balaban J connectivity index is 1.72. The molecule has 1 aromatic heterocycles. The fraction of sp³-hybridized carbons (Fsp3) is 0.115. The Morgan fingerprint density at radius 3 is 2.56 bits per heavy atom. The maximum atomic E-state index is 13.3. The fourth-order valence-corrected chi connectivity index (χ4v) is 5.45. The van der Waals surface area contributed by atoms with Crippen LogP contribution in [0.25, 0.3) is 16.0 Å². The second-order valence-electron chi connectivity index (χ2n) is 7.92. The number of nitrogens with zero attached hydrogens (tertiary/aromatic N) is 2. The highest BCUT2D eigenvalue weighted by molar-refractivity contribution is 9.10. The SMILES string of the molecule is COc1ccc2nc(N3C(=O)C(=O)C(=C(O)c4ccc(C)cc4)[C@@H]3c3cccc(Br)c3)sc2c1. The van der Waals surface area contributed by atoms with Crippen LogP contribution in [0.3, 0.4) is 0 Å². The maximum absolute atomic E-state index is 13.3. The molecular formula is C26H19BrN2O4S. The van der Waals surface area contributed by atoms with E-state index in [2.05, 4.69) is 20.9 Å². The Morgan fingerprint density at radius 1 is 1.09 bits per heavy atom. The summed E-state index contributed by atoms with van der Waals surface area (Å²) < 4.78 is 6.92. The van der Waals surface area contributed by atoms with E-state index in [1.807, 2.05) is 55.5 Å². The van der Waals surface area contributed by atoms with Gasteiger partial charge in [0.15, 0.2) is 5.13 Å². The van der Waals surface area contributed by atoms with Crippen LogP contribution < -0.4 is 9.64 Å². The third-order valence-corrected chi connectivity index (χ3v) is 7.23. The molecule has 0 unspecified atom stereocenters. The van der Waals surface area contributed by atoms with E-state index in [1.54, 1.807) is 25.3 Å². The molecule has 170 valence electrons. The molecule has 0 radical (unpaired) electrons. The van der Waals surface area contributed by atoms with Gasteiger partial charge in [-0.15, -0.1) is 0 Å². The Morgan fingerprint density at radius 2 is 1.85 bits per heavy atom. The first-order chi connectivity index (χ1) is 16.4. The van der Waals surface area contributed by atoms with Crippen LogP contribution in [0.4, 0.5) is 5.13 Å². The molecule has 5 rings (SSSR count). The molecule has 1 aliphatic rings. The smallest absolute Gasteiger partial charge is 0.301 e. The average molecular weight is 535 g/mol. The molecule has 1 atom stereocenters. The zero-order valence-corrected chi connectivity index (χ0v) is 20.7. The van der Waals surface area contributed by atoms with Crippen molar-refractivity contribution in [1.82, 2.24) is 4.98 Å². The summed E-state index contributed by atoms with van der Waals surface area (Å²) in [6.07, 6.45) is 0. The van der Waals surface area contributed by atoms with E-state index >= 15 is 0 Å². The number of aryl methyl sites for hydroxylation is 1. The monoisotopic (exact) mass is 534 g/mol. The minimum Gasteiger partial charge on any atom is -0.507 e. The number of hydrogen-bond donors (Lipinski definition) is 1. The Hall–Kier alpha value is -3.49. The van der Waals surface area contributed by atoms with Gasteiger partial charge in [-0.25, -0.2) is 4.98 Å². The third kappa shape index (κ3) is 3.78. The second-order valence-corrected chi connectivity index (χ2v) is 9.84. The molecule has 2 heterocycles. The lowest BCUT2D eigenvalue weighted by Gasteiger charge is -2.23. The van der Waals surface area contributed by atoms with Crippen LogP contribution in [-0.4, -0.2) is 28.9 Å². The molecule has 6 nitrogen and oxygen atoms in total. The van der Waals surface area contributed by atoms with Gasteiger partial charge in [-0.05, 0) is 42.8 Å². The average Bonchev–Trinajstić information content (AvgIpc) is 3.36. The van der Waals surface area contributed by atoms with E-state index in [9.17, 15) is 14.7 Å². The zero-order valence-electron chi connectivity index (χ0n) is 18.3. The quantitative estimate of drug-likeness (QED) is 0.197. The van der Waals surface area contributed by atoms with Gasteiger partial charge in [0, 0.05) is 10.0 Å². The van der Waals surface area contributed by atoms with Crippen molar-refractivity contribution in [2.24, 2.45) is 0 Å². The van der Waals surface area contributed by atoms with Crippen LogP contribution in [0.15, 0.2) is 76.8 Å². The van der Waals surface area contributed by atoms with Crippen molar-refractivity contribution in [2.45, 2.75) is 13.0 Å². The standard InChI is InChI=1S/C26H19BrN2O4S/c1-14-6-8-15(9-7-14)23(30)21-22(16-4-3-5-17(27)12-16)29(25(32)24(21)31)26-28-19-11-10-18(33-2)13-20(19)34-26/h3-13,22,30H,1-2H3/t22-/m0/s1. The minimum absolute atomic E-state index is 0.0313. The summed E-state index contributed by atoms with van der Waals surface area (Å²) in [6.45, 7) is 1.94. The fourth-order valence-electron chi connectivity index (χ4n) is 4.01. The number of aliphatic hydroxyl groups excluding tert-OH is 1. The van der Waals surface area contributed by atoms with E-state index < -0.39 is 17.7 Å². The summed E-state index contributed by atoms with van der Waals surface area (Å²) in [7, 11) is 1.58. The van der Waals surface area contributed by atoms with Crippen LogP contribution in [0.5, 0.6) is 5.75 Å². The molecule has 1 N–H and O–H groups in total. The molecule has 1 saturated heterocycles. The lowest BCUT2D eigenvalue weighted by atomic mass is 9.95. The van der Waals surface area contributed by atoms with Crippen LogP contribution in [-0.2, 0) is 9.59 Å². The molecule has 1 amide bonds. The predicted octanol–water partition coefficient (Wildman–Crippen LogP) is 6.00. The number of amides is 1. The number of ether oxygens (including phenoxy) is 1. The van der Waals surface area contributed by atoms with Crippen molar-refractivity contribution < 1.29 is 19.4 Å². The summed E-state index contributed by atoms with van der Waals surface area (Å²) in [6, 6.07) is 19.1. The van der Waals surface area contributed by atoms with Gasteiger partial charge in [-0.2, -0.15) is 0 Å². The molecule has 0 saturated carbocycles. The number of Topliss-reactive ketones (excluding diaryl/α,β-unsaturated/α-hetero) is 1. The van der Waals surface area contributed by atoms with Crippen molar-refractivity contribution in [3.05, 3.63) is 93.5 Å². The highest BCUT2D eigenvalue weighted by Crippen LogP contribution is 2.45. The van der Waals surface area contributed by atoms with Gasteiger partial charge >= 0.3 is 5.91 Å². The summed E-state index contributed by atoms with van der Waals surface area (Å²) in [5.74, 6) is -1.02. The number of ketones is 1. The lowest BCUT2D eigenvalue weighted by molar-refractivity contribution is -0.132. The zero-order chi connectivity index (χ0) is 24.0. The first kappa shape index (κ1) is 22.3. The number of halogens is 1. The molecule has 0 aliphatic carbocycles. The molecule has 8 heteroatoms. The number of carbonyl (C=O) groups is 2. The third-order valence-electron chi connectivity index (χ3n) is 5.72. The van der Waals surface area contributed by atoms with Gasteiger partial charge in [0.05, 0.1) is 28.9 Å². The van der Waals surface area contributed by atoms with Crippen molar-refractivity contribution >= 4 is 60.1 Å². The number of benzene rings is 3. The van der Waals surface area contributed by atoms with E-state index in [0.29, 0.717) is 27.5 Å². The van der Waals surface area contributed by atoms with Crippen molar-refractivity contribution in [3.8, 4) is 5.75 Å². The van der Waals surface area contributed by atoms with Gasteiger partial charge in [0.25, 0.3) is 5.78 Å². The summed E-state index contributed by atoms with van der Waals surface area (Å²) in [5.41, 5.74) is 2.89. The van der Waals surface area contributed by atoms with Crippen LogP contribution in [0.1, 0.15) is 22.7 Å². The number of thiazole rings is 1. The van der Waals surface area contributed by atoms with Crippen molar-refractivity contribution in [2.75, 3.05) is 12.0 Å². The van der Waals surface area contributed by atoms with Crippen molar-refractivity contribution in [3.63, 3.8) is 0 Å².